The Morgan fingerprint density at radius 1 is 1.04 bits per heavy atom. The Bertz CT molecular complexity index is 709. The number of ether oxygens (including phenoxy) is 2. The molecular weight excluding hydrogens is 286 g/mol. The van der Waals surface area contributed by atoms with Gasteiger partial charge in [-0.2, -0.15) is 0 Å². The van der Waals surface area contributed by atoms with Gasteiger partial charge in [-0.15, -0.1) is 0 Å². The first-order valence-electron chi connectivity index (χ1n) is 8.28. The summed E-state index contributed by atoms with van der Waals surface area (Å²) in [5.41, 5.74) is 12.7. The van der Waals surface area contributed by atoms with Crippen LogP contribution >= 0.6 is 0 Å². The summed E-state index contributed by atoms with van der Waals surface area (Å²) in [5, 5.41) is 0. The molecule has 0 saturated carbocycles. The molecule has 2 aromatic carbocycles. The molecule has 23 heavy (non-hydrogen) atoms. The van der Waals surface area contributed by atoms with E-state index in [1.54, 1.807) is 14.2 Å². The van der Waals surface area contributed by atoms with Crippen LogP contribution in [-0.4, -0.2) is 14.2 Å². The van der Waals surface area contributed by atoms with Crippen molar-refractivity contribution in [2.45, 2.75) is 38.5 Å². The summed E-state index contributed by atoms with van der Waals surface area (Å²) in [5.74, 6) is 2.28. The number of benzene rings is 2. The number of fused-ring (bicyclic) bond motifs is 1. The zero-order valence-electron chi connectivity index (χ0n) is 14.2. The molecule has 1 aliphatic carbocycles. The van der Waals surface area contributed by atoms with E-state index in [1.807, 2.05) is 6.07 Å². The quantitative estimate of drug-likeness (QED) is 0.864. The van der Waals surface area contributed by atoms with Crippen LogP contribution in [0.15, 0.2) is 30.3 Å². The smallest absolute Gasteiger partial charge is 0.121 e. The molecule has 0 aromatic heterocycles. The highest BCUT2D eigenvalue weighted by atomic mass is 16.5. The van der Waals surface area contributed by atoms with E-state index in [1.165, 1.54) is 22.3 Å². The molecule has 3 rings (SSSR count). The number of hydrogen-bond acceptors (Lipinski definition) is 3. The lowest BCUT2D eigenvalue weighted by atomic mass is 9.77. The lowest BCUT2D eigenvalue weighted by molar-refractivity contribution is 0.412. The first-order chi connectivity index (χ1) is 11.2. The van der Waals surface area contributed by atoms with Crippen LogP contribution in [0.1, 0.15) is 41.5 Å². The van der Waals surface area contributed by atoms with Crippen LogP contribution in [0.25, 0.3) is 0 Å². The fourth-order valence-electron chi connectivity index (χ4n) is 3.72. The Balaban J connectivity index is 1.94. The van der Waals surface area contributed by atoms with Crippen molar-refractivity contribution in [3.8, 4) is 11.5 Å². The summed E-state index contributed by atoms with van der Waals surface area (Å²) in [7, 11) is 3.41. The molecule has 1 unspecified atom stereocenters. The summed E-state index contributed by atoms with van der Waals surface area (Å²) in [6, 6.07) is 10.5. The van der Waals surface area contributed by atoms with Gasteiger partial charge < -0.3 is 15.2 Å². The number of anilines is 1. The predicted molar refractivity (Wildman–Crippen MR) is 94.5 cm³/mol. The maximum Gasteiger partial charge on any atom is 0.121 e. The highest BCUT2D eigenvalue weighted by molar-refractivity contribution is 5.58. The van der Waals surface area contributed by atoms with Gasteiger partial charge in [-0.1, -0.05) is 13.0 Å². The van der Waals surface area contributed by atoms with E-state index in [9.17, 15) is 0 Å². The summed E-state index contributed by atoms with van der Waals surface area (Å²) < 4.78 is 10.7. The van der Waals surface area contributed by atoms with E-state index in [4.69, 9.17) is 15.2 Å². The van der Waals surface area contributed by atoms with Crippen LogP contribution in [0.2, 0.25) is 0 Å². The molecule has 0 spiro atoms. The van der Waals surface area contributed by atoms with Crippen molar-refractivity contribution in [3.05, 3.63) is 52.6 Å². The van der Waals surface area contributed by atoms with Gasteiger partial charge in [0.05, 0.1) is 14.2 Å². The SMILES string of the molecule is CCc1cc(OC)cc(N)c1C1CCc2cc(OC)ccc2C1. The van der Waals surface area contributed by atoms with Crippen molar-refractivity contribution < 1.29 is 9.47 Å². The van der Waals surface area contributed by atoms with Crippen LogP contribution in [0.3, 0.4) is 0 Å². The number of aryl methyl sites for hydroxylation is 2. The van der Waals surface area contributed by atoms with Gasteiger partial charge in [0.15, 0.2) is 0 Å². The van der Waals surface area contributed by atoms with Gasteiger partial charge in [0.2, 0.25) is 0 Å². The minimum Gasteiger partial charge on any atom is -0.497 e. The zero-order chi connectivity index (χ0) is 16.4. The number of nitrogen functional groups attached to an aromatic ring is 1. The van der Waals surface area contributed by atoms with Crippen molar-refractivity contribution in [2.75, 3.05) is 20.0 Å². The Kier molecular flexibility index (Phi) is 4.46. The van der Waals surface area contributed by atoms with Crippen molar-refractivity contribution in [1.29, 1.82) is 0 Å². The molecule has 3 nitrogen and oxygen atoms in total. The summed E-state index contributed by atoms with van der Waals surface area (Å²) in [6.07, 6.45) is 4.22. The van der Waals surface area contributed by atoms with E-state index >= 15 is 0 Å². The lowest BCUT2D eigenvalue weighted by Gasteiger charge is -2.28. The van der Waals surface area contributed by atoms with Crippen LogP contribution in [-0.2, 0) is 19.3 Å². The second-order valence-corrected chi connectivity index (χ2v) is 6.22. The van der Waals surface area contributed by atoms with Gasteiger partial charge in [0, 0.05) is 11.8 Å². The van der Waals surface area contributed by atoms with Gasteiger partial charge in [-0.05, 0) is 72.1 Å². The second kappa shape index (κ2) is 6.53. The number of hydrogen-bond donors (Lipinski definition) is 1. The minimum absolute atomic E-state index is 0.483. The van der Waals surface area contributed by atoms with Gasteiger partial charge in [-0.3, -0.25) is 0 Å². The summed E-state index contributed by atoms with van der Waals surface area (Å²) >= 11 is 0. The molecular formula is C20H25NO2. The molecule has 0 fully saturated rings. The topological polar surface area (TPSA) is 44.5 Å². The van der Waals surface area contributed by atoms with Gasteiger partial charge in [0.1, 0.15) is 11.5 Å². The summed E-state index contributed by atoms with van der Waals surface area (Å²) in [4.78, 5) is 0. The molecule has 1 atom stereocenters. The molecule has 2 aromatic rings. The molecule has 0 radical (unpaired) electrons. The average molecular weight is 311 g/mol. The van der Waals surface area contributed by atoms with Crippen LogP contribution in [0, 0.1) is 0 Å². The third-order valence-electron chi connectivity index (χ3n) is 4.94. The van der Waals surface area contributed by atoms with Gasteiger partial charge in [0.25, 0.3) is 0 Å². The number of nitrogens with two attached hydrogens (primary N) is 1. The normalized spacial score (nSPS) is 16.7. The standard InChI is InChI=1S/C20H25NO2/c1-4-13-10-18(23-3)12-19(21)20(13)16-6-5-15-11-17(22-2)8-7-14(15)9-16/h7-8,10-12,16H,4-6,9,21H2,1-3H3. The summed E-state index contributed by atoms with van der Waals surface area (Å²) in [6.45, 7) is 2.18. The van der Waals surface area contributed by atoms with Crippen molar-refractivity contribution in [2.24, 2.45) is 0 Å². The first kappa shape index (κ1) is 15.7. The van der Waals surface area contributed by atoms with E-state index in [2.05, 4.69) is 31.2 Å². The molecule has 122 valence electrons. The van der Waals surface area contributed by atoms with Crippen LogP contribution in [0.4, 0.5) is 5.69 Å². The Morgan fingerprint density at radius 2 is 1.83 bits per heavy atom. The van der Waals surface area contributed by atoms with E-state index in [0.717, 1.165) is 42.9 Å². The zero-order valence-corrected chi connectivity index (χ0v) is 14.2. The van der Waals surface area contributed by atoms with Crippen molar-refractivity contribution in [1.82, 2.24) is 0 Å². The molecule has 2 N–H and O–H groups in total. The maximum atomic E-state index is 6.37. The van der Waals surface area contributed by atoms with Gasteiger partial charge >= 0.3 is 0 Å². The van der Waals surface area contributed by atoms with E-state index < -0.39 is 0 Å². The third-order valence-corrected chi connectivity index (χ3v) is 4.94. The largest absolute Gasteiger partial charge is 0.497 e. The highest BCUT2D eigenvalue weighted by Crippen LogP contribution is 2.39. The van der Waals surface area contributed by atoms with E-state index in [0.29, 0.717) is 5.92 Å². The minimum atomic E-state index is 0.483. The fraction of sp³-hybridized carbons (Fsp3) is 0.400. The molecule has 0 saturated heterocycles. The molecule has 1 aliphatic rings. The second-order valence-electron chi connectivity index (χ2n) is 6.22. The first-order valence-corrected chi connectivity index (χ1v) is 8.28. The molecule has 0 bridgehead atoms. The fourth-order valence-corrected chi connectivity index (χ4v) is 3.72. The number of methoxy groups -OCH3 is 2. The average Bonchev–Trinajstić information content (AvgIpc) is 2.59. The molecule has 0 aliphatic heterocycles. The molecule has 0 heterocycles. The van der Waals surface area contributed by atoms with Crippen molar-refractivity contribution in [3.63, 3.8) is 0 Å². The Morgan fingerprint density at radius 3 is 2.52 bits per heavy atom. The molecule has 3 heteroatoms. The predicted octanol–water partition coefficient (Wildman–Crippen LogP) is 4.12. The van der Waals surface area contributed by atoms with Crippen LogP contribution < -0.4 is 15.2 Å². The Hall–Kier alpha value is -2.16. The Labute approximate surface area is 138 Å². The van der Waals surface area contributed by atoms with Crippen molar-refractivity contribution >= 4 is 5.69 Å². The highest BCUT2D eigenvalue weighted by Gasteiger charge is 2.24. The van der Waals surface area contributed by atoms with Gasteiger partial charge in [-0.25, -0.2) is 0 Å². The third kappa shape index (κ3) is 3.00. The maximum absolute atomic E-state index is 6.37. The monoisotopic (exact) mass is 311 g/mol. The van der Waals surface area contributed by atoms with E-state index in [-0.39, 0.29) is 0 Å². The lowest BCUT2D eigenvalue weighted by Crippen LogP contribution is -2.16. The van der Waals surface area contributed by atoms with Crippen LogP contribution in [0.5, 0.6) is 11.5 Å². The number of rotatable bonds is 4. The molecule has 0 amide bonds.